The maximum absolute atomic E-state index is 13.7. The van der Waals surface area contributed by atoms with Gasteiger partial charge in [-0.2, -0.15) is 0 Å². The topological polar surface area (TPSA) is 32.3 Å². The van der Waals surface area contributed by atoms with Gasteiger partial charge in [-0.25, -0.2) is 4.39 Å². The molecule has 0 bridgehead atoms. The number of rotatable bonds is 8. The Bertz CT molecular complexity index is 733. The molecule has 26 heavy (non-hydrogen) atoms. The third kappa shape index (κ3) is 5.13. The second-order valence-corrected chi connectivity index (χ2v) is 6.92. The van der Waals surface area contributed by atoms with Gasteiger partial charge in [-0.05, 0) is 37.5 Å². The minimum absolute atomic E-state index is 0.507. The first-order chi connectivity index (χ1) is 12.3. The van der Waals surface area contributed by atoms with E-state index in [-0.39, 0.29) is 0 Å². The molecule has 3 unspecified atom stereocenters. The Labute approximate surface area is 156 Å². The lowest BCUT2D eigenvalue weighted by Crippen LogP contribution is -2.54. The molecule has 2 aromatic rings. The molecule has 2 rings (SSSR count). The number of nitrogens with one attached hydrogen (secondary N) is 1. The number of benzene rings is 2. The highest BCUT2D eigenvalue weighted by Crippen LogP contribution is 2.22. The average Bonchev–Trinajstić information content (AvgIpc) is 2.62. The van der Waals surface area contributed by atoms with Crippen LogP contribution in [0, 0.1) is 0 Å². The summed E-state index contributed by atoms with van der Waals surface area (Å²) in [4.78, 5) is 0. The number of hydrogen-bond acceptors (Lipinski definition) is 2. The molecule has 0 heterocycles. The van der Waals surface area contributed by atoms with Crippen LogP contribution in [-0.4, -0.2) is 29.5 Å². The fourth-order valence-electron chi connectivity index (χ4n) is 2.91. The highest BCUT2D eigenvalue weighted by Gasteiger charge is 2.37. The summed E-state index contributed by atoms with van der Waals surface area (Å²) < 4.78 is 13.7. The minimum atomic E-state index is -1.49. The summed E-state index contributed by atoms with van der Waals surface area (Å²) in [6.07, 6.45) is 2.61. The molecular weight excluding hydrogens is 325 g/mol. The molecule has 0 aromatic heterocycles. The van der Waals surface area contributed by atoms with Crippen molar-refractivity contribution < 1.29 is 9.50 Å². The largest absolute Gasteiger partial charge is 0.385 e. The fraction of sp³-hybridized carbons (Fsp3) is 0.304. The monoisotopic (exact) mass is 353 g/mol. The molecule has 138 valence electrons. The summed E-state index contributed by atoms with van der Waals surface area (Å²) >= 11 is 0. The highest BCUT2D eigenvalue weighted by molar-refractivity contribution is 5.65. The van der Waals surface area contributed by atoms with E-state index in [0.717, 1.165) is 5.56 Å². The number of halogens is 1. The zero-order chi connectivity index (χ0) is 19.2. The van der Waals surface area contributed by atoms with Crippen LogP contribution < -0.4 is 5.32 Å². The molecule has 2 aromatic carbocycles. The van der Waals surface area contributed by atoms with Crippen LogP contribution in [0.4, 0.5) is 4.39 Å². The lowest BCUT2D eigenvalue weighted by Gasteiger charge is -2.35. The summed E-state index contributed by atoms with van der Waals surface area (Å²) in [6, 6.07) is 18.0. The van der Waals surface area contributed by atoms with Crippen molar-refractivity contribution >= 4 is 6.08 Å². The van der Waals surface area contributed by atoms with Gasteiger partial charge in [0.05, 0.1) is 6.04 Å². The van der Waals surface area contributed by atoms with Gasteiger partial charge in [0.1, 0.15) is 11.8 Å². The second-order valence-electron chi connectivity index (χ2n) is 6.92. The molecule has 0 aliphatic carbocycles. The summed E-state index contributed by atoms with van der Waals surface area (Å²) in [5.74, 6) is 0. The van der Waals surface area contributed by atoms with Crippen molar-refractivity contribution in [3.63, 3.8) is 0 Å². The standard InChI is InChI=1S/C23H28FNO/c1-17(2)22(23(4,26)18(3)24)25-16-8-9-19-12-14-21(15-13-19)20-10-6-5-7-11-20/h5-15,18,22,25-26H,1,16H2,2-4H3/b9-8+. The lowest BCUT2D eigenvalue weighted by molar-refractivity contribution is -0.0319. The van der Waals surface area contributed by atoms with Crippen molar-refractivity contribution in [3.8, 4) is 11.1 Å². The van der Waals surface area contributed by atoms with E-state index in [0.29, 0.717) is 12.1 Å². The third-order valence-electron chi connectivity index (χ3n) is 4.65. The van der Waals surface area contributed by atoms with E-state index >= 15 is 0 Å². The van der Waals surface area contributed by atoms with Crippen molar-refractivity contribution in [1.29, 1.82) is 0 Å². The minimum Gasteiger partial charge on any atom is -0.385 e. The van der Waals surface area contributed by atoms with Crippen LogP contribution in [-0.2, 0) is 0 Å². The number of alkyl halides is 1. The van der Waals surface area contributed by atoms with Gasteiger partial charge < -0.3 is 10.4 Å². The quantitative estimate of drug-likeness (QED) is 0.654. The Morgan fingerprint density at radius 3 is 2.27 bits per heavy atom. The number of hydrogen-bond donors (Lipinski definition) is 2. The molecule has 2 nitrogen and oxygen atoms in total. The van der Waals surface area contributed by atoms with Gasteiger partial charge in [0.15, 0.2) is 0 Å². The maximum Gasteiger partial charge on any atom is 0.127 e. The van der Waals surface area contributed by atoms with Gasteiger partial charge in [-0.1, -0.05) is 78.9 Å². The second kappa shape index (κ2) is 8.93. The van der Waals surface area contributed by atoms with Gasteiger partial charge in [0, 0.05) is 6.54 Å². The van der Waals surface area contributed by atoms with Crippen LogP contribution in [0.15, 0.2) is 72.8 Å². The SMILES string of the molecule is C=C(C)C(NC/C=C/c1ccc(-c2ccccc2)cc1)C(C)(O)C(C)F. The Hall–Kier alpha value is -2.23. The molecule has 0 aliphatic heterocycles. The summed E-state index contributed by atoms with van der Waals surface area (Å²) in [6.45, 7) is 9.03. The van der Waals surface area contributed by atoms with Crippen molar-refractivity contribution in [2.75, 3.05) is 6.54 Å². The van der Waals surface area contributed by atoms with Crippen molar-refractivity contribution in [2.45, 2.75) is 38.6 Å². The molecule has 0 fully saturated rings. The molecule has 3 heteroatoms. The third-order valence-corrected chi connectivity index (χ3v) is 4.65. The predicted molar refractivity (Wildman–Crippen MR) is 109 cm³/mol. The van der Waals surface area contributed by atoms with Gasteiger partial charge in [-0.15, -0.1) is 0 Å². The van der Waals surface area contributed by atoms with Gasteiger partial charge in [0.2, 0.25) is 0 Å². The van der Waals surface area contributed by atoms with E-state index in [1.807, 2.05) is 30.4 Å². The van der Waals surface area contributed by atoms with Crippen LogP contribution in [0.2, 0.25) is 0 Å². The highest BCUT2D eigenvalue weighted by atomic mass is 19.1. The van der Waals surface area contributed by atoms with Crippen LogP contribution in [0.25, 0.3) is 17.2 Å². The lowest BCUT2D eigenvalue weighted by atomic mass is 9.87. The molecule has 0 amide bonds. The first-order valence-corrected chi connectivity index (χ1v) is 8.89. The molecule has 0 aliphatic rings. The van der Waals surface area contributed by atoms with E-state index < -0.39 is 17.8 Å². The molecule has 0 radical (unpaired) electrons. The molecule has 3 atom stereocenters. The average molecular weight is 353 g/mol. The summed E-state index contributed by atoms with van der Waals surface area (Å²) in [5.41, 5.74) is 2.67. The maximum atomic E-state index is 13.7. The smallest absolute Gasteiger partial charge is 0.127 e. The first-order valence-electron chi connectivity index (χ1n) is 8.89. The van der Waals surface area contributed by atoms with Gasteiger partial charge in [-0.3, -0.25) is 0 Å². The van der Waals surface area contributed by atoms with Crippen LogP contribution in [0.1, 0.15) is 26.3 Å². The van der Waals surface area contributed by atoms with E-state index in [9.17, 15) is 9.50 Å². The molecule has 2 N–H and O–H groups in total. The molecule has 0 spiro atoms. The van der Waals surface area contributed by atoms with Crippen molar-refractivity contribution in [2.24, 2.45) is 0 Å². The van der Waals surface area contributed by atoms with E-state index in [1.54, 1.807) is 6.92 Å². The van der Waals surface area contributed by atoms with E-state index in [4.69, 9.17) is 0 Å². The summed E-state index contributed by atoms with van der Waals surface area (Å²) in [7, 11) is 0. The Kier molecular flexibility index (Phi) is 6.90. The van der Waals surface area contributed by atoms with Gasteiger partial charge in [0.25, 0.3) is 0 Å². The van der Waals surface area contributed by atoms with E-state index in [2.05, 4.69) is 48.3 Å². The normalized spacial score (nSPS) is 16.2. The Balaban J connectivity index is 1.96. The zero-order valence-corrected chi connectivity index (χ0v) is 15.7. The van der Waals surface area contributed by atoms with Crippen LogP contribution in [0.5, 0.6) is 0 Å². The number of aliphatic hydroxyl groups is 1. The summed E-state index contributed by atoms with van der Waals surface area (Å²) in [5, 5.41) is 13.5. The molecule has 0 saturated carbocycles. The van der Waals surface area contributed by atoms with Crippen molar-refractivity contribution in [3.05, 3.63) is 78.4 Å². The zero-order valence-electron chi connectivity index (χ0n) is 15.7. The van der Waals surface area contributed by atoms with E-state index in [1.165, 1.54) is 25.0 Å². The Morgan fingerprint density at radius 1 is 1.15 bits per heavy atom. The van der Waals surface area contributed by atoms with Crippen molar-refractivity contribution in [1.82, 2.24) is 5.32 Å². The predicted octanol–water partition coefficient (Wildman–Crippen LogP) is 5.01. The van der Waals surface area contributed by atoms with Crippen LogP contribution >= 0.6 is 0 Å². The van der Waals surface area contributed by atoms with Gasteiger partial charge >= 0.3 is 0 Å². The Morgan fingerprint density at radius 2 is 1.73 bits per heavy atom. The molecule has 0 saturated heterocycles. The molecular formula is C23H28FNO. The van der Waals surface area contributed by atoms with Crippen LogP contribution in [0.3, 0.4) is 0 Å². The first kappa shape index (κ1) is 20.1. The fourth-order valence-corrected chi connectivity index (χ4v) is 2.91.